The highest BCUT2D eigenvalue weighted by molar-refractivity contribution is 4.91. The van der Waals surface area contributed by atoms with Crippen molar-refractivity contribution in [3.8, 4) is 0 Å². The molecule has 1 aliphatic rings. The first-order valence-electron chi connectivity index (χ1n) is 5.37. The van der Waals surface area contributed by atoms with Gasteiger partial charge in [0, 0.05) is 6.04 Å². The molecule has 4 nitrogen and oxygen atoms in total. The summed E-state index contributed by atoms with van der Waals surface area (Å²) in [6.45, 7) is 4.45. The lowest BCUT2D eigenvalue weighted by Crippen LogP contribution is -2.29. The van der Waals surface area contributed by atoms with Gasteiger partial charge in [0.25, 0.3) is 0 Å². The Kier molecular flexibility index (Phi) is 2.82. The van der Waals surface area contributed by atoms with Crippen molar-refractivity contribution in [2.75, 3.05) is 0 Å². The van der Waals surface area contributed by atoms with Crippen molar-refractivity contribution < 1.29 is 0 Å². The second-order valence-electron chi connectivity index (χ2n) is 4.37. The molecule has 1 heterocycles. The molecule has 1 aromatic heterocycles. The zero-order valence-electron chi connectivity index (χ0n) is 8.83. The number of aromatic amines is 1. The van der Waals surface area contributed by atoms with Gasteiger partial charge in [-0.3, -0.25) is 5.10 Å². The van der Waals surface area contributed by atoms with Crippen molar-refractivity contribution >= 4 is 0 Å². The lowest BCUT2D eigenvalue weighted by Gasteiger charge is -2.17. The maximum absolute atomic E-state index is 4.15. The molecule has 1 fully saturated rings. The summed E-state index contributed by atoms with van der Waals surface area (Å²) in [6.07, 6.45) is 5.49. The quantitative estimate of drug-likeness (QED) is 0.769. The maximum atomic E-state index is 4.15. The van der Waals surface area contributed by atoms with Crippen LogP contribution in [-0.4, -0.2) is 21.2 Å². The van der Waals surface area contributed by atoms with Gasteiger partial charge in [-0.05, 0) is 32.1 Å². The van der Waals surface area contributed by atoms with Crippen LogP contribution in [0.4, 0.5) is 0 Å². The predicted molar refractivity (Wildman–Crippen MR) is 54.7 cm³/mol. The zero-order valence-corrected chi connectivity index (χ0v) is 8.83. The molecule has 0 saturated heterocycles. The molecule has 3 unspecified atom stereocenters. The Labute approximate surface area is 84.5 Å². The van der Waals surface area contributed by atoms with Gasteiger partial charge in [0.15, 0.2) is 0 Å². The molecule has 0 aliphatic heterocycles. The van der Waals surface area contributed by atoms with Crippen molar-refractivity contribution in [3.05, 3.63) is 12.2 Å². The van der Waals surface area contributed by atoms with Crippen molar-refractivity contribution in [1.82, 2.24) is 20.5 Å². The summed E-state index contributed by atoms with van der Waals surface area (Å²) < 4.78 is 0. The minimum Gasteiger partial charge on any atom is -0.305 e. The van der Waals surface area contributed by atoms with E-state index >= 15 is 0 Å². The number of nitrogens with one attached hydrogen (secondary N) is 2. The third kappa shape index (κ3) is 2.12. The first-order chi connectivity index (χ1) is 6.75. The van der Waals surface area contributed by atoms with Gasteiger partial charge < -0.3 is 5.32 Å². The average Bonchev–Trinajstić information content (AvgIpc) is 2.75. The van der Waals surface area contributed by atoms with E-state index in [1.54, 1.807) is 6.33 Å². The van der Waals surface area contributed by atoms with Gasteiger partial charge in [0.1, 0.15) is 12.2 Å². The van der Waals surface area contributed by atoms with Crippen LogP contribution in [-0.2, 0) is 0 Å². The van der Waals surface area contributed by atoms with Crippen LogP contribution in [0, 0.1) is 5.92 Å². The van der Waals surface area contributed by atoms with Crippen molar-refractivity contribution in [3.63, 3.8) is 0 Å². The highest BCUT2D eigenvalue weighted by atomic mass is 15.2. The molecule has 14 heavy (non-hydrogen) atoms. The maximum Gasteiger partial charge on any atom is 0.141 e. The lowest BCUT2D eigenvalue weighted by atomic mass is 10.1. The summed E-state index contributed by atoms with van der Waals surface area (Å²) in [5.74, 6) is 1.80. The Hall–Kier alpha value is -0.900. The first-order valence-corrected chi connectivity index (χ1v) is 5.37. The molecule has 1 saturated carbocycles. The van der Waals surface area contributed by atoms with Gasteiger partial charge in [-0.25, -0.2) is 4.98 Å². The fourth-order valence-electron chi connectivity index (χ4n) is 2.21. The molecule has 3 atom stereocenters. The summed E-state index contributed by atoms with van der Waals surface area (Å²) >= 11 is 0. The monoisotopic (exact) mass is 194 g/mol. The number of H-pyrrole nitrogens is 1. The molecule has 0 spiro atoms. The fourth-order valence-corrected chi connectivity index (χ4v) is 2.21. The lowest BCUT2D eigenvalue weighted by molar-refractivity contribution is 0.437. The van der Waals surface area contributed by atoms with E-state index in [0.717, 1.165) is 11.7 Å². The van der Waals surface area contributed by atoms with Crippen LogP contribution in [0.3, 0.4) is 0 Å². The molecule has 0 amide bonds. The van der Waals surface area contributed by atoms with Crippen LogP contribution < -0.4 is 5.32 Å². The normalized spacial score (nSPS) is 29.3. The van der Waals surface area contributed by atoms with Gasteiger partial charge in [-0.2, -0.15) is 5.10 Å². The molecule has 0 bridgehead atoms. The molecule has 2 rings (SSSR count). The SMILES string of the molecule is CC1CCC(NC(C)c2ncn[nH]2)C1. The number of hydrogen-bond acceptors (Lipinski definition) is 3. The van der Waals surface area contributed by atoms with E-state index in [-0.39, 0.29) is 6.04 Å². The topological polar surface area (TPSA) is 53.6 Å². The minimum absolute atomic E-state index is 0.285. The third-order valence-corrected chi connectivity index (χ3v) is 3.02. The standard InChI is InChI=1S/C10H18N4/c1-7-3-4-9(5-7)13-8(2)10-11-6-12-14-10/h6-9,13H,3-5H2,1-2H3,(H,11,12,14). The number of nitrogens with zero attached hydrogens (tertiary/aromatic N) is 2. The fraction of sp³-hybridized carbons (Fsp3) is 0.800. The Morgan fingerprint density at radius 2 is 2.43 bits per heavy atom. The van der Waals surface area contributed by atoms with Crippen LogP contribution in [0.5, 0.6) is 0 Å². The summed E-state index contributed by atoms with van der Waals surface area (Å²) in [6, 6.07) is 0.942. The van der Waals surface area contributed by atoms with Crippen LogP contribution in [0.15, 0.2) is 6.33 Å². The van der Waals surface area contributed by atoms with Crippen molar-refractivity contribution in [1.29, 1.82) is 0 Å². The highest BCUT2D eigenvalue weighted by Crippen LogP contribution is 2.26. The minimum atomic E-state index is 0.285. The van der Waals surface area contributed by atoms with Crippen molar-refractivity contribution in [2.24, 2.45) is 5.92 Å². The van der Waals surface area contributed by atoms with Crippen LogP contribution in [0.1, 0.15) is 45.0 Å². The molecule has 0 radical (unpaired) electrons. The Bertz CT molecular complexity index is 270. The van der Waals surface area contributed by atoms with Gasteiger partial charge in [0.05, 0.1) is 6.04 Å². The molecule has 1 aromatic rings. The summed E-state index contributed by atoms with van der Waals surface area (Å²) in [5, 5.41) is 10.3. The van der Waals surface area contributed by atoms with Gasteiger partial charge in [0.2, 0.25) is 0 Å². The van der Waals surface area contributed by atoms with Gasteiger partial charge in [-0.1, -0.05) is 6.92 Å². The zero-order chi connectivity index (χ0) is 9.97. The number of aromatic nitrogens is 3. The molecule has 78 valence electrons. The van der Waals surface area contributed by atoms with Crippen LogP contribution in [0.25, 0.3) is 0 Å². The van der Waals surface area contributed by atoms with E-state index in [9.17, 15) is 0 Å². The molecule has 4 heteroatoms. The summed E-state index contributed by atoms with van der Waals surface area (Å²) in [7, 11) is 0. The summed E-state index contributed by atoms with van der Waals surface area (Å²) in [4.78, 5) is 4.15. The van der Waals surface area contributed by atoms with E-state index in [2.05, 4.69) is 34.3 Å². The Morgan fingerprint density at radius 3 is 3.00 bits per heavy atom. The molecule has 2 N–H and O–H groups in total. The largest absolute Gasteiger partial charge is 0.305 e. The van der Waals surface area contributed by atoms with E-state index < -0.39 is 0 Å². The Morgan fingerprint density at radius 1 is 1.57 bits per heavy atom. The third-order valence-electron chi connectivity index (χ3n) is 3.02. The second-order valence-corrected chi connectivity index (χ2v) is 4.37. The predicted octanol–water partition coefficient (Wildman–Crippen LogP) is 1.64. The van der Waals surface area contributed by atoms with Gasteiger partial charge in [-0.15, -0.1) is 0 Å². The summed E-state index contributed by atoms with van der Waals surface area (Å²) in [5.41, 5.74) is 0. The van der Waals surface area contributed by atoms with Crippen LogP contribution in [0.2, 0.25) is 0 Å². The first kappa shape index (κ1) is 9.65. The Balaban J connectivity index is 1.86. The molecular weight excluding hydrogens is 176 g/mol. The van der Waals surface area contributed by atoms with Gasteiger partial charge >= 0.3 is 0 Å². The van der Waals surface area contributed by atoms with E-state index in [1.807, 2.05) is 0 Å². The molecular formula is C10H18N4. The number of rotatable bonds is 3. The average molecular weight is 194 g/mol. The second kappa shape index (κ2) is 4.09. The number of hydrogen-bond donors (Lipinski definition) is 2. The molecule has 1 aliphatic carbocycles. The van der Waals surface area contributed by atoms with Crippen molar-refractivity contribution in [2.45, 2.75) is 45.2 Å². The molecule has 0 aromatic carbocycles. The highest BCUT2D eigenvalue weighted by Gasteiger charge is 2.23. The smallest absolute Gasteiger partial charge is 0.141 e. The van der Waals surface area contributed by atoms with E-state index in [0.29, 0.717) is 6.04 Å². The van der Waals surface area contributed by atoms with E-state index in [1.165, 1.54) is 19.3 Å². The van der Waals surface area contributed by atoms with E-state index in [4.69, 9.17) is 0 Å². The van der Waals surface area contributed by atoms with Crippen LogP contribution >= 0.6 is 0 Å².